The number of nitrogens with one attached hydrogen (secondary N) is 1. The molecule has 20 heavy (non-hydrogen) atoms. The molecule has 2 aromatic rings. The van der Waals surface area contributed by atoms with E-state index in [1.807, 2.05) is 19.1 Å². The Hall–Kier alpha value is -1.88. The zero-order chi connectivity index (χ0) is 13.9. The fourth-order valence-electron chi connectivity index (χ4n) is 2.44. The van der Waals surface area contributed by atoms with E-state index in [1.54, 1.807) is 5.51 Å². The van der Waals surface area contributed by atoms with Gasteiger partial charge < -0.3 is 10.2 Å². The van der Waals surface area contributed by atoms with Crippen molar-refractivity contribution < 1.29 is 4.79 Å². The molecule has 0 saturated carbocycles. The lowest BCUT2D eigenvalue weighted by molar-refractivity contribution is 0.102. The maximum Gasteiger partial charge on any atom is 0.275 e. The van der Waals surface area contributed by atoms with Crippen molar-refractivity contribution in [2.24, 2.45) is 0 Å². The third kappa shape index (κ3) is 2.67. The van der Waals surface area contributed by atoms with Crippen LogP contribution < -0.4 is 10.2 Å². The molecule has 0 spiro atoms. The zero-order valence-corrected chi connectivity index (χ0v) is 12.2. The number of amides is 1. The molecule has 1 aromatic heterocycles. The maximum absolute atomic E-state index is 12.1. The van der Waals surface area contributed by atoms with Crippen molar-refractivity contribution in [2.45, 2.75) is 19.8 Å². The zero-order valence-electron chi connectivity index (χ0n) is 11.4. The molecule has 0 atom stereocenters. The number of carbonyl (C=O) groups excluding carboxylic acids is 1. The molecule has 2 heterocycles. The number of nitrogens with zero attached hydrogens (tertiary/aromatic N) is 2. The van der Waals surface area contributed by atoms with Crippen molar-refractivity contribution in [3.63, 3.8) is 0 Å². The van der Waals surface area contributed by atoms with E-state index in [4.69, 9.17) is 0 Å². The Morgan fingerprint density at radius 1 is 1.25 bits per heavy atom. The maximum atomic E-state index is 12.1. The van der Waals surface area contributed by atoms with Gasteiger partial charge in [0.25, 0.3) is 5.91 Å². The number of thiazole rings is 1. The molecule has 0 radical (unpaired) electrons. The average Bonchev–Trinajstić information content (AvgIpc) is 3.10. The van der Waals surface area contributed by atoms with Crippen LogP contribution in [0, 0.1) is 6.92 Å². The van der Waals surface area contributed by atoms with Crippen LogP contribution in [0.1, 0.15) is 28.2 Å². The molecule has 0 bridgehead atoms. The Labute approximate surface area is 122 Å². The van der Waals surface area contributed by atoms with Gasteiger partial charge in [-0.15, -0.1) is 11.3 Å². The van der Waals surface area contributed by atoms with Gasteiger partial charge in [0.05, 0.1) is 5.51 Å². The molecule has 1 amide bonds. The molecule has 0 unspecified atom stereocenters. The standard InChI is InChI=1S/C15H17N3OS/c1-11-14(16-10-20-11)15(19)17-12-4-6-13(7-5-12)18-8-2-3-9-18/h4-7,10H,2-3,8-9H2,1H3,(H,17,19). The van der Waals surface area contributed by atoms with E-state index in [9.17, 15) is 4.79 Å². The predicted octanol–water partition coefficient (Wildman–Crippen LogP) is 3.30. The molecule has 4 nitrogen and oxygen atoms in total. The minimum Gasteiger partial charge on any atom is -0.372 e. The first-order valence-electron chi connectivity index (χ1n) is 6.80. The number of hydrogen-bond donors (Lipinski definition) is 1. The molecule has 104 valence electrons. The number of carbonyl (C=O) groups is 1. The normalized spacial score (nSPS) is 14.6. The van der Waals surface area contributed by atoms with Gasteiger partial charge in [-0.05, 0) is 44.0 Å². The fourth-order valence-corrected chi connectivity index (χ4v) is 3.02. The average molecular weight is 287 g/mol. The Kier molecular flexibility index (Phi) is 3.69. The summed E-state index contributed by atoms with van der Waals surface area (Å²) >= 11 is 1.48. The Bertz CT molecular complexity index is 600. The number of aromatic nitrogens is 1. The summed E-state index contributed by atoms with van der Waals surface area (Å²) in [5.41, 5.74) is 4.25. The van der Waals surface area contributed by atoms with Crippen LogP contribution in [0.5, 0.6) is 0 Å². The second-order valence-electron chi connectivity index (χ2n) is 4.95. The van der Waals surface area contributed by atoms with Crippen molar-refractivity contribution in [3.8, 4) is 0 Å². The van der Waals surface area contributed by atoms with E-state index in [1.165, 1.54) is 29.9 Å². The summed E-state index contributed by atoms with van der Waals surface area (Å²) in [6.07, 6.45) is 2.53. The molecule has 0 aliphatic carbocycles. The van der Waals surface area contributed by atoms with Crippen LogP contribution in [0.15, 0.2) is 29.8 Å². The van der Waals surface area contributed by atoms with E-state index >= 15 is 0 Å². The molecule has 1 saturated heterocycles. The molecule has 5 heteroatoms. The summed E-state index contributed by atoms with van der Waals surface area (Å²) in [5.74, 6) is -0.141. The summed E-state index contributed by atoms with van der Waals surface area (Å²) in [4.78, 5) is 19.5. The minimum atomic E-state index is -0.141. The van der Waals surface area contributed by atoms with Crippen molar-refractivity contribution in [1.29, 1.82) is 0 Å². The van der Waals surface area contributed by atoms with Gasteiger partial charge in [0.15, 0.2) is 0 Å². The number of benzene rings is 1. The van der Waals surface area contributed by atoms with Crippen LogP contribution in [0.4, 0.5) is 11.4 Å². The van der Waals surface area contributed by atoms with Gasteiger partial charge in [-0.1, -0.05) is 0 Å². The van der Waals surface area contributed by atoms with E-state index in [0.29, 0.717) is 5.69 Å². The number of anilines is 2. The van der Waals surface area contributed by atoms with Crippen molar-refractivity contribution in [1.82, 2.24) is 4.98 Å². The highest BCUT2D eigenvalue weighted by molar-refractivity contribution is 7.09. The van der Waals surface area contributed by atoms with E-state index < -0.39 is 0 Å². The third-order valence-corrected chi connectivity index (χ3v) is 4.31. The molecule has 1 aliphatic heterocycles. The van der Waals surface area contributed by atoms with Crippen molar-refractivity contribution >= 4 is 28.6 Å². The number of aryl methyl sites for hydroxylation is 1. The lowest BCUT2D eigenvalue weighted by Gasteiger charge is -2.17. The first-order valence-corrected chi connectivity index (χ1v) is 7.68. The van der Waals surface area contributed by atoms with Gasteiger partial charge in [-0.3, -0.25) is 4.79 Å². The third-order valence-electron chi connectivity index (χ3n) is 3.56. The molecule has 1 aromatic carbocycles. The van der Waals surface area contributed by atoms with Gasteiger partial charge >= 0.3 is 0 Å². The Balaban J connectivity index is 1.69. The first kappa shape index (κ1) is 13.1. The van der Waals surface area contributed by atoms with Crippen LogP contribution >= 0.6 is 11.3 Å². The van der Waals surface area contributed by atoms with Gasteiger partial charge in [-0.25, -0.2) is 4.98 Å². The van der Waals surface area contributed by atoms with Gasteiger partial charge in [0.1, 0.15) is 5.69 Å². The highest BCUT2D eigenvalue weighted by atomic mass is 32.1. The summed E-state index contributed by atoms with van der Waals surface area (Å²) < 4.78 is 0. The molecule has 1 fully saturated rings. The highest BCUT2D eigenvalue weighted by Crippen LogP contribution is 2.22. The topological polar surface area (TPSA) is 45.2 Å². The second-order valence-corrected chi connectivity index (χ2v) is 6.01. The molecular weight excluding hydrogens is 270 g/mol. The van der Waals surface area contributed by atoms with E-state index in [2.05, 4.69) is 27.3 Å². The molecular formula is C15H17N3OS. The van der Waals surface area contributed by atoms with E-state index in [-0.39, 0.29) is 5.91 Å². The van der Waals surface area contributed by atoms with Crippen LogP contribution in [0.3, 0.4) is 0 Å². The summed E-state index contributed by atoms with van der Waals surface area (Å²) in [5, 5.41) is 2.89. The lowest BCUT2D eigenvalue weighted by atomic mass is 10.2. The molecule has 1 N–H and O–H groups in total. The molecule has 3 rings (SSSR count). The summed E-state index contributed by atoms with van der Waals surface area (Å²) in [6, 6.07) is 8.03. The summed E-state index contributed by atoms with van der Waals surface area (Å²) in [6.45, 7) is 4.16. The highest BCUT2D eigenvalue weighted by Gasteiger charge is 2.14. The Morgan fingerprint density at radius 2 is 1.95 bits per heavy atom. The van der Waals surface area contributed by atoms with Crippen molar-refractivity contribution in [3.05, 3.63) is 40.3 Å². The van der Waals surface area contributed by atoms with Crippen LogP contribution in [-0.4, -0.2) is 24.0 Å². The van der Waals surface area contributed by atoms with Crippen molar-refractivity contribution in [2.75, 3.05) is 23.3 Å². The Morgan fingerprint density at radius 3 is 2.55 bits per heavy atom. The molecule has 1 aliphatic rings. The largest absolute Gasteiger partial charge is 0.372 e. The second kappa shape index (κ2) is 5.63. The van der Waals surface area contributed by atoms with Gasteiger partial charge in [0, 0.05) is 29.3 Å². The number of hydrogen-bond acceptors (Lipinski definition) is 4. The lowest BCUT2D eigenvalue weighted by Crippen LogP contribution is -2.17. The van der Waals surface area contributed by atoms with Gasteiger partial charge in [0.2, 0.25) is 0 Å². The van der Waals surface area contributed by atoms with Crippen LogP contribution in [0.25, 0.3) is 0 Å². The number of rotatable bonds is 3. The first-order chi connectivity index (χ1) is 9.74. The quantitative estimate of drug-likeness (QED) is 0.942. The van der Waals surface area contributed by atoms with E-state index in [0.717, 1.165) is 23.7 Å². The van der Waals surface area contributed by atoms with Crippen LogP contribution in [0.2, 0.25) is 0 Å². The monoisotopic (exact) mass is 287 g/mol. The predicted molar refractivity (Wildman–Crippen MR) is 82.7 cm³/mol. The smallest absolute Gasteiger partial charge is 0.275 e. The van der Waals surface area contributed by atoms with Gasteiger partial charge in [-0.2, -0.15) is 0 Å². The summed E-state index contributed by atoms with van der Waals surface area (Å²) in [7, 11) is 0. The minimum absolute atomic E-state index is 0.141. The van der Waals surface area contributed by atoms with Crippen LogP contribution in [-0.2, 0) is 0 Å². The fraction of sp³-hybridized carbons (Fsp3) is 0.333. The SMILES string of the molecule is Cc1scnc1C(=O)Nc1ccc(N2CCCC2)cc1.